The maximum absolute atomic E-state index is 11.8. The fourth-order valence-electron chi connectivity index (χ4n) is 2.04. The van der Waals surface area contributed by atoms with E-state index in [1.807, 2.05) is 0 Å². The maximum atomic E-state index is 11.8. The summed E-state index contributed by atoms with van der Waals surface area (Å²) in [7, 11) is -2.79. The molecule has 0 atom stereocenters. The number of hydrogen-bond donors (Lipinski definition) is 1. The summed E-state index contributed by atoms with van der Waals surface area (Å²) in [6, 6.07) is 0. The molecule has 4 heteroatoms. The van der Waals surface area contributed by atoms with E-state index in [0.717, 1.165) is 25.7 Å². The smallest absolute Gasteiger partial charge is 0.200 e. The van der Waals surface area contributed by atoms with Gasteiger partial charge in [-0.05, 0) is 12.8 Å². The third-order valence-corrected chi connectivity index (χ3v) is 5.25. The van der Waals surface area contributed by atoms with Crippen LogP contribution < -0.4 is 0 Å². The molecule has 0 saturated heterocycles. The Kier molecular flexibility index (Phi) is 16.5. The van der Waals surface area contributed by atoms with E-state index in [4.69, 9.17) is 0 Å². The summed E-state index contributed by atoms with van der Waals surface area (Å²) in [5.74, 6) is 0. The summed E-state index contributed by atoms with van der Waals surface area (Å²) in [5, 5.41) is 0. The van der Waals surface area contributed by atoms with Gasteiger partial charge in [0.25, 0.3) is 0 Å². The molecular weight excluding hydrogens is 290 g/mol. The van der Waals surface area contributed by atoms with Gasteiger partial charge in [-0.25, -0.2) is 0 Å². The van der Waals surface area contributed by atoms with Crippen LogP contribution in [0.15, 0.2) is 0 Å². The Bertz CT molecular complexity index is 192. The first-order chi connectivity index (χ1) is 8.12. The molecule has 2 nitrogen and oxygen atoms in total. The molecule has 0 aliphatic rings. The van der Waals surface area contributed by atoms with E-state index >= 15 is 0 Å². The van der Waals surface area contributed by atoms with Crippen molar-refractivity contribution in [2.75, 3.05) is 12.3 Å². The van der Waals surface area contributed by atoms with Crippen LogP contribution in [0.25, 0.3) is 0 Å². The molecular formula is C14H31CoO2P. The van der Waals surface area contributed by atoms with Gasteiger partial charge in [-0.3, -0.25) is 4.57 Å². The molecule has 0 aliphatic heterocycles. The minimum atomic E-state index is -2.79. The van der Waals surface area contributed by atoms with Crippen molar-refractivity contribution < 1.29 is 26.2 Å². The Morgan fingerprint density at radius 2 is 1.06 bits per heavy atom. The average molecular weight is 321 g/mol. The van der Waals surface area contributed by atoms with E-state index in [1.165, 1.54) is 38.5 Å². The van der Waals surface area contributed by atoms with E-state index in [1.54, 1.807) is 0 Å². The first-order valence-corrected chi connectivity index (χ1v) is 9.46. The van der Waals surface area contributed by atoms with Gasteiger partial charge in [0.15, 0.2) is 0 Å². The molecule has 18 heavy (non-hydrogen) atoms. The monoisotopic (exact) mass is 321 g/mol. The Morgan fingerprint density at radius 3 is 1.39 bits per heavy atom. The second-order valence-corrected chi connectivity index (χ2v) is 7.71. The van der Waals surface area contributed by atoms with Gasteiger partial charge in [-0.2, -0.15) is 0 Å². The molecule has 0 fully saturated rings. The van der Waals surface area contributed by atoms with Gasteiger partial charge in [-0.15, -0.1) is 0 Å². The van der Waals surface area contributed by atoms with Crippen molar-refractivity contribution in [1.82, 2.24) is 0 Å². The molecule has 0 aromatic rings. The van der Waals surface area contributed by atoms with Crippen LogP contribution >= 0.6 is 7.37 Å². The quantitative estimate of drug-likeness (QED) is 0.396. The zero-order chi connectivity index (χ0) is 13.0. The zero-order valence-corrected chi connectivity index (χ0v) is 14.1. The molecule has 0 spiro atoms. The maximum Gasteiger partial charge on any atom is 0.200 e. The molecule has 0 rings (SSSR count). The van der Waals surface area contributed by atoms with Gasteiger partial charge in [0, 0.05) is 29.1 Å². The van der Waals surface area contributed by atoms with Crippen LogP contribution in [0.2, 0.25) is 0 Å². The third-order valence-electron chi connectivity index (χ3n) is 3.22. The number of hydrogen-bond acceptors (Lipinski definition) is 1. The Hall–Kier alpha value is 0.696. The molecule has 0 unspecified atom stereocenters. The van der Waals surface area contributed by atoms with E-state index in [-0.39, 0.29) is 16.8 Å². The second-order valence-electron chi connectivity index (χ2n) is 5.12. The van der Waals surface area contributed by atoms with Gasteiger partial charge < -0.3 is 4.89 Å². The Morgan fingerprint density at radius 1 is 0.722 bits per heavy atom. The molecule has 0 heterocycles. The minimum Gasteiger partial charge on any atom is -0.344 e. The fourth-order valence-corrected chi connectivity index (χ4v) is 3.70. The van der Waals surface area contributed by atoms with Crippen molar-refractivity contribution in [3.05, 3.63) is 0 Å². The largest absolute Gasteiger partial charge is 0.344 e. The van der Waals surface area contributed by atoms with Gasteiger partial charge in [0.1, 0.15) is 0 Å². The number of unbranched alkanes of at least 4 members (excludes halogenated alkanes) is 8. The summed E-state index contributed by atoms with van der Waals surface area (Å²) >= 11 is 0. The van der Waals surface area contributed by atoms with Crippen LogP contribution in [-0.2, 0) is 21.3 Å². The van der Waals surface area contributed by atoms with Crippen molar-refractivity contribution in [2.24, 2.45) is 0 Å². The number of rotatable bonds is 12. The molecule has 0 aromatic carbocycles. The van der Waals surface area contributed by atoms with Gasteiger partial charge >= 0.3 is 0 Å². The predicted molar refractivity (Wildman–Crippen MR) is 77.1 cm³/mol. The standard InChI is InChI=1S/C14H31O2P.Co/c1-3-5-7-9-11-13-17(15,16)14-12-10-8-6-4-2;/h3-14H2,1-2H3,(H,15,16);. The van der Waals surface area contributed by atoms with Crippen LogP contribution in [0, 0.1) is 0 Å². The minimum absolute atomic E-state index is 0. The molecule has 0 amide bonds. The molecule has 113 valence electrons. The Balaban J connectivity index is 0. The normalized spacial score (nSPS) is 11.3. The van der Waals surface area contributed by atoms with Crippen LogP contribution in [0.4, 0.5) is 0 Å². The summed E-state index contributed by atoms with van der Waals surface area (Å²) in [4.78, 5) is 9.78. The van der Waals surface area contributed by atoms with Crippen molar-refractivity contribution >= 4 is 7.37 Å². The SMILES string of the molecule is CCCCCCCP(=O)(O)CCCCCCC.[Co]. The molecule has 0 aliphatic carbocycles. The first kappa shape index (κ1) is 21.0. The molecule has 0 aromatic heterocycles. The fraction of sp³-hybridized carbons (Fsp3) is 1.00. The molecule has 0 bridgehead atoms. The Labute approximate surface area is 124 Å². The van der Waals surface area contributed by atoms with Crippen LogP contribution in [0.5, 0.6) is 0 Å². The van der Waals surface area contributed by atoms with Crippen molar-refractivity contribution in [3.63, 3.8) is 0 Å². The van der Waals surface area contributed by atoms with Crippen molar-refractivity contribution in [1.29, 1.82) is 0 Å². The molecule has 0 saturated carbocycles. The van der Waals surface area contributed by atoms with E-state index in [0.29, 0.717) is 12.3 Å². The first-order valence-electron chi connectivity index (χ1n) is 7.43. The second kappa shape index (κ2) is 14.1. The van der Waals surface area contributed by atoms with E-state index in [2.05, 4.69) is 13.8 Å². The third kappa shape index (κ3) is 14.8. The van der Waals surface area contributed by atoms with E-state index in [9.17, 15) is 9.46 Å². The van der Waals surface area contributed by atoms with Crippen molar-refractivity contribution in [2.45, 2.75) is 78.1 Å². The predicted octanol–water partition coefficient (Wildman–Crippen LogP) is 5.20. The zero-order valence-electron chi connectivity index (χ0n) is 12.1. The van der Waals surface area contributed by atoms with Crippen LogP contribution in [0.3, 0.4) is 0 Å². The van der Waals surface area contributed by atoms with Crippen LogP contribution in [0.1, 0.15) is 78.1 Å². The van der Waals surface area contributed by atoms with Crippen LogP contribution in [-0.4, -0.2) is 17.2 Å². The van der Waals surface area contributed by atoms with Gasteiger partial charge in [0.05, 0.1) is 0 Å². The molecule has 1 N–H and O–H groups in total. The summed E-state index contributed by atoms with van der Waals surface area (Å²) in [6.45, 7) is 4.38. The van der Waals surface area contributed by atoms with Crippen molar-refractivity contribution in [3.8, 4) is 0 Å². The summed E-state index contributed by atoms with van der Waals surface area (Å²) in [5.41, 5.74) is 0. The topological polar surface area (TPSA) is 37.3 Å². The molecule has 1 radical (unpaired) electrons. The summed E-state index contributed by atoms with van der Waals surface area (Å²) < 4.78 is 11.8. The van der Waals surface area contributed by atoms with E-state index < -0.39 is 7.37 Å². The average Bonchev–Trinajstić information content (AvgIpc) is 2.28. The van der Waals surface area contributed by atoms with Gasteiger partial charge in [-0.1, -0.05) is 65.2 Å². The summed E-state index contributed by atoms with van der Waals surface area (Å²) in [6.07, 6.45) is 12.6. The van der Waals surface area contributed by atoms with Gasteiger partial charge in [0.2, 0.25) is 7.37 Å².